The van der Waals surface area contributed by atoms with Gasteiger partial charge < -0.3 is 15.6 Å². The number of rotatable bonds is 5. The van der Waals surface area contributed by atoms with E-state index >= 15 is 0 Å². The number of hydrogen-bond acceptors (Lipinski definition) is 5. The van der Waals surface area contributed by atoms with Crippen LogP contribution in [-0.4, -0.2) is 38.5 Å². The third kappa shape index (κ3) is 2.58. The molecule has 1 amide bonds. The van der Waals surface area contributed by atoms with Crippen LogP contribution in [0.3, 0.4) is 0 Å². The van der Waals surface area contributed by atoms with Crippen molar-refractivity contribution in [1.29, 1.82) is 0 Å². The quantitative estimate of drug-likeness (QED) is 0.725. The molecule has 2 rings (SSSR count). The zero-order valence-corrected chi connectivity index (χ0v) is 10.5. The number of benzene rings is 1. The number of carboxylic acids is 1. The van der Waals surface area contributed by atoms with Crippen LogP contribution in [0.4, 0.5) is 0 Å². The number of aromatic nitrogens is 3. The first-order valence-corrected chi connectivity index (χ1v) is 5.70. The van der Waals surface area contributed by atoms with E-state index in [-0.39, 0.29) is 17.1 Å². The fourth-order valence-electron chi connectivity index (χ4n) is 1.60. The molecule has 1 heterocycles. The Morgan fingerprint density at radius 2 is 2.05 bits per heavy atom. The van der Waals surface area contributed by atoms with Gasteiger partial charge in [0.25, 0.3) is 5.91 Å². The maximum atomic E-state index is 11.3. The summed E-state index contributed by atoms with van der Waals surface area (Å²) in [4.78, 5) is 22.1. The summed E-state index contributed by atoms with van der Waals surface area (Å²) in [6, 6.07) is 6.59. The largest absolute Gasteiger partial charge is 0.479 e. The second-order valence-electron chi connectivity index (χ2n) is 3.98. The van der Waals surface area contributed by atoms with Crippen LogP contribution in [0.1, 0.15) is 17.4 Å². The predicted molar refractivity (Wildman–Crippen MR) is 68.1 cm³/mol. The van der Waals surface area contributed by atoms with Crippen LogP contribution in [0, 0.1) is 0 Å². The number of carbonyl (C=O) groups is 2. The zero-order valence-electron chi connectivity index (χ0n) is 10.5. The summed E-state index contributed by atoms with van der Waals surface area (Å²) in [6.07, 6.45) is -1.04. The van der Waals surface area contributed by atoms with Gasteiger partial charge in [-0.1, -0.05) is 12.1 Å². The predicted octanol–water partition coefficient (Wildman–Crippen LogP) is 0.422. The van der Waals surface area contributed by atoms with Crippen molar-refractivity contribution in [3.05, 3.63) is 30.0 Å². The van der Waals surface area contributed by atoms with Crippen molar-refractivity contribution in [3.8, 4) is 17.0 Å². The first-order valence-electron chi connectivity index (χ1n) is 5.70. The second-order valence-corrected chi connectivity index (χ2v) is 3.98. The minimum Gasteiger partial charge on any atom is -0.479 e. The van der Waals surface area contributed by atoms with Crippen molar-refractivity contribution < 1.29 is 19.4 Å². The van der Waals surface area contributed by atoms with E-state index < -0.39 is 18.0 Å². The third-order valence-electron chi connectivity index (χ3n) is 2.57. The van der Waals surface area contributed by atoms with Crippen LogP contribution >= 0.6 is 0 Å². The van der Waals surface area contributed by atoms with Crippen LogP contribution < -0.4 is 10.5 Å². The van der Waals surface area contributed by atoms with Crippen molar-refractivity contribution >= 4 is 11.9 Å². The monoisotopic (exact) mass is 276 g/mol. The number of hydrogen-bond donors (Lipinski definition) is 3. The van der Waals surface area contributed by atoms with Gasteiger partial charge in [0.2, 0.25) is 0 Å². The van der Waals surface area contributed by atoms with E-state index in [1.807, 2.05) is 0 Å². The fraction of sp³-hybridized carbons (Fsp3) is 0.167. The number of amides is 1. The molecule has 0 bridgehead atoms. The molecule has 0 saturated carbocycles. The zero-order chi connectivity index (χ0) is 14.7. The second kappa shape index (κ2) is 5.39. The molecule has 104 valence electrons. The van der Waals surface area contributed by atoms with Gasteiger partial charge in [0, 0.05) is 5.56 Å². The number of carboxylic acid groups (broad SMARTS) is 1. The summed E-state index contributed by atoms with van der Waals surface area (Å²) < 4.78 is 5.33. The van der Waals surface area contributed by atoms with Gasteiger partial charge in [0.15, 0.2) is 11.8 Å². The van der Waals surface area contributed by atoms with Crippen molar-refractivity contribution in [2.24, 2.45) is 5.73 Å². The molecule has 0 aliphatic carbocycles. The van der Waals surface area contributed by atoms with E-state index in [1.54, 1.807) is 24.3 Å². The normalized spacial score (nSPS) is 11.8. The average molecular weight is 276 g/mol. The van der Waals surface area contributed by atoms with Crippen LogP contribution in [0.2, 0.25) is 0 Å². The lowest BCUT2D eigenvalue weighted by molar-refractivity contribution is -0.144. The Bertz CT molecular complexity index is 652. The van der Waals surface area contributed by atoms with Gasteiger partial charge in [-0.2, -0.15) is 15.4 Å². The number of carbonyl (C=O) groups excluding carboxylic acids is 1. The molecule has 1 unspecified atom stereocenters. The van der Waals surface area contributed by atoms with E-state index in [0.717, 1.165) is 0 Å². The van der Waals surface area contributed by atoms with E-state index in [1.165, 1.54) is 6.92 Å². The van der Waals surface area contributed by atoms with Crippen molar-refractivity contribution in [2.75, 3.05) is 0 Å². The molecule has 20 heavy (non-hydrogen) atoms. The van der Waals surface area contributed by atoms with E-state index in [2.05, 4.69) is 15.4 Å². The van der Waals surface area contributed by atoms with Gasteiger partial charge >= 0.3 is 5.97 Å². The SMILES string of the molecule is CC(Oc1ccccc1-c1n[nH]nc1C(N)=O)C(=O)O. The first-order chi connectivity index (χ1) is 9.50. The van der Waals surface area contributed by atoms with Crippen molar-refractivity contribution in [3.63, 3.8) is 0 Å². The summed E-state index contributed by atoms with van der Waals surface area (Å²) in [5, 5.41) is 18.7. The summed E-state index contributed by atoms with van der Waals surface area (Å²) >= 11 is 0. The highest BCUT2D eigenvalue weighted by Crippen LogP contribution is 2.30. The number of nitrogens with zero attached hydrogens (tertiary/aromatic N) is 2. The first kappa shape index (κ1) is 13.5. The molecule has 0 radical (unpaired) electrons. The Labute approximate surface area is 113 Å². The molecule has 8 heteroatoms. The lowest BCUT2D eigenvalue weighted by atomic mass is 10.1. The van der Waals surface area contributed by atoms with Crippen LogP contribution in [0.15, 0.2) is 24.3 Å². The third-order valence-corrected chi connectivity index (χ3v) is 2.57. The topological polar surface area (TPSA) is 131 Å². The Hall–Kier alpha value is -2.90. The fourth-order valence-corrected chi connectivity index (χ4v) is 1.60. The molecule has 2 aromatic rings. The summed E-state index contributed by atoms with van der Waals surface area (Å²) in [6.45, 7) is 1.40. The van der Waals surface area contributed by atoms with Crippen molar-refractivity contribution in [2.45, 2.75) is 13.0 Å². The molecule has 1 aromatic heterocycles. The maximum absolute atomic E-state index is 11.3. The highest BCUT2D eigenvalue weighted by Gasteiger charge is 2.20. The molecular formula is C12H12N4O4. The molecule has 8 nitrogen and oxygen atoms in total. The number of ether oxygens (including phenoxy) is 1. The molecular weight excluding hydrogens is 264 g/mol. The number of nitrogens with two attached hydrogens (primary N) is 1. The van der Waals surface area contributed by atoms with E-state index in [9.17, 15) is 9.59 Å². The van der Waals surface area contributed by atoms with Gasteiger partial charge in [0.1, 0.15) is 11.4 Å². The van der Waals surface area contributed by atoms with Gasteiger partial charge in [-0.25, -0.2) is 4.79 Å². The van der Waals surface area contributed by atoms with Gasteiger partial charge in [0.05, 0.1) is 0 Å². The number of aliphatic carboxylic acids is 1. The summed E-state index contributed by atoms with van der Waals surface area (Å²) in [5.41, 5.74) is 5.81. The van der Waals surface area contributed by atoms with Crippen LogP contribution in [-0.2, 0) is 4.79 Å². The molecule has 0 saturated heterocycles. The number of aromatic amines is 1. The van der Waals surface area contributed by atoms with Gasteiger partial charge in [-0.15, -0.1) is 0 Å². The highest BCUT2D eigenvalue weighted by molar-refractivity contribution is 5.97. The Morgan fingerprint density at radius 1 is 1.35 bits per heavy atom. The molecule has 0 aliphatic rings. The van der Waals surface area contributed by atoms with Gasteiger partial charge in [-0.3, -0.25) is 4.79 Å². The maximum Gasteiger partial charge on any atom is 0.344 e. The summed E-state index contributed by atoms with van der Waals surface area (Å²) in [7, 11) is 0. The average Bonchev–Trinajstić information content (AvgIpc) is 2.88. The van der Waals surface area contributed by atoms with Crippen LogP contribution in [0.25, 0.3) is 11.3 Å². The highest BCUT2D eigenvalue weighted by atomic mass is 16.5. The Morgan fingerprint density at radius 3 is 2.70 bits per heavy atom. The lowest BCUT2D eigenvalue weighted by Gasteiger charge is -2.13. The van der Waals surface area contributed by atoms with E-state index in [0.29, 0.717) is 5.56 Å². The molecule has 1 atom stereocenters. The smallest absolute Gasteiger partial charge is 0.344 e. The standard InChI is InChI=1S/C12H12N4O4/c1-6(12(18)19)20-8-5-3-2-4-7(8)9-10(11(13)17)15-16-14-9/h2-6H,1H3,(H2,13,17)(H,18,19)(H,14,15,16). The number of primary amides is 1. The van der Waals surface area contributed by atoms with E-state index in [4.69, 9.17) is 15.6 Å². The molecule has 0 aliphatic heterocycles. The minimum absolute atomic E-state index is 0.0379. The number of H-pyrrole nitrogens is 1. The number of nitrogens with one attached hydrogen (secondary N) is 1. The molecule has 0 spiro atoms. The molecule has 0 fully saturated rings. The minimum atomic E-state index is -1.10. The van der Waals surface area contributed by atoms with Crippen molar-refractivity contribution in [1.82, 2.24) is 15.4 Å². The Kier molecular flexibility index (Phi) is 3.65. The summed E-state index contributed by atoms with van der Waals surface area (Å²) in [5.74, 6) is -1.57. The van der Waals surface area contributed by atoms with Gasteiger partial charge in [-0.05, 0) is 19.1 Å². The Balaban J connectivity index is 2.44. The molecule has 4 N–H and O–H groups in total. The van der Waals surface area contributed by atoms with Crippen LogP contribution in [0.5, 0.6) is 5.75 Å². The number of para-hydroxylation sites is 1. The molecule has 1 aromatic carbocycles. The lowest BCUT2D eigenvalue weighted by Crippen LogP contribution is -2.23.